The highest BCUT2D eigenvalue weighted by atomic mass is 16.5. The van der Waals surface area contributed by atoms with Crippen LogP contribution in [-0.4, -0.2) is 26.3 Å². The number of carbonyl (C=O) groups is 1. The van der Waals surface area contributed by atoms with E-state index in [4.69, 9.17) is 18.6 Å². The van der Waals surface area contributed by atoms with Crippen LogP contribution in [0.15, 0.2) is 64.3 Å². The zero-order valence-corrected chi connectivity index (χ0v) is 16.5. The number of benzene rings is 2. The van der Waals surface area contributed by atoms with E-state index in [1.54, 1.807) is 39.3 Å². The Morgan fingerprint density at radius 2 is 1.79 bits per heavy atom. The Kier molecular flexibility index (Phi) is 6.52. The third-order valence-corrected chi connectivity index (χ3v) is 4.19. The Balaban J connectivity index is 1.74. The minimum Gasteiger partial charge on any atom is -0.493 e. The maximum Gasteiger partial charge on any atom is 0.274 e. The summed E-state index contributed by atoms with van der Waals surface area (Å²) >= 11 is 0. The first-order chi connectivity index (χ1) is 14.1. The van der Waals surface area contributed by atoms with Gasteiger partial charge in [0.1, 0.15) is 12.4 Å². The topological polar surface area (TPSA) is 82.3 Å². The second-order valence-electron chi connectivity index (χ2n) is 6.12. The van der Waals surface area contributed by atoms with Gasteiger partial charge in [0, 0.05) is 5.56 Å². The third-order valence-electron chi connectivity index (χ3n) is 4.19. The summed E-state index contributed by atoms with van der Waals surface area (Å²) < 4.78 is 21.9. The lowest BCUT2D eigenvalue weighted by Gasteiger charge is -2.15. The molecule has 0 unspecified atom stereocenters. The number of nitrogens with zero attached hydrogens (tertiary/aromatic N) is 1. The van der Waals surface area contributed by atoms with Gasteiger partial charge < -0.3 is 18.6 Å². The van der Waals surface area contributed by atoms with Crippen molar-refractivity contribution < 1.29 is 23.4 Å². The van der Waals surface area contributed by atoms with Crippen LogP contribution in [-0.2, 0) is 6.61 Å². The average molecular weight is 394 g/mol. The van der Waals surface area contributed by atoms with Gasteiger partial charge in [-0.25, -0.2) is 5.43 Å². The zero-order chi connectivity index (χ0) is 20.6. The van der Waals surface area contributed by atoms with E-state index in [-0.39, 0.29) is 5.91 Å². The molecule has 0 bridgehead atoms. The van der Waals surface area contributed by atoms with Crippen molar-refractivity contribution in [3.8, 4) is 17.2 Å². The molecular weight excluding hydrogens is 372 g/mol. The number of nitrogens with one attached hydrogen (secondary N) is 1. The molecule has 1 aromatic heterocycles. The Morgan fingerprint density at radius 1 is 1.10 bits per heavy atom. The summed E-state index contributed by atoms with van der Waals surface area (Å²) in [6.07, 6.45) is 2.96. The molecular formula is C22H22N2O5. The zero-order valence-electron chi connectivity index (χ0n) is 16.5. The van der Waals surface area contributed by atoms with Gasteiger partial charge in [-0.2, -0.15) is 5.10 Å². The molecule has 2 aromatic carbocycles. The van der Waals surface area contributed by atoms with Gasteiger partial charge in [0.15, 0.2) is 11.5 Å². The number of methoxy groups -OCH3 is 2. The summed E-state index contributed by atoms with van der Waals surface area (Å²) in [6, 6.07) is 14.9. The van der Waals surface area contributed by atoms with Crippen molar-refractivity contribution in [3.63, 3.8) is 0 Å². The summed E-state index contributed by atoms with van der Waals surface area (Å²) in [5, 5.41) is 3.99. The van der Waals surface area contributed by atoms with Crippen LogP contribution in [0, 0.1) is 6.92 Å². The molecule has 0 aliphatic carbocycles. The maximum atomic E-state index is 12.1. The highest BCUT2D eigenvalue weighted by Gasteiger charge is 2.14. The quantitative estimate of drug-likeness (QED) is 0.462. The molecule has 150 valence electrons. The molecule has 0 spiro atoms. The monoisotopic (exact) mass is 394 g/mol. The van der Waals surface area contributed by atoms with Gasteiger partial charge in [0.25, 0.3) is 5.91 Å². The molecule has 0 atom stereocenters. The molecule has 0 saturated carbocycles. The molecule has 0 radical (unpaired) electrons. The number of furan rings is 1. The molecule has 1 N–H and O–H groups in total. The fraction of sp³-hybridized carbons (Fsp3) is 0.182. The van der Waals surface area contributed by atoms with E-state index < -0.39 is 0 Å². The Hall–Kier alpha value is -3.74. The van der Waals surface area contributed by atoms with Crippen molar-refractivity contribution in [2.24, 2.45) is 5.10 Å². The molecule has 0 fully saturated rings. The minimum absolute atomic E-state index is 0.353. The molecule has 0 saturated heterocycles. The molecule has 29 heavy (non-hydrogen) atoms. The minimum atomic E-state index is -0.353. The number of hydrogen-bond acceptors (Lipinski definition) is 6. The number of hydrogen-bond donors (Lipinski definition) is 1. The van der Waals surface area contributed by atoms with E-state index in [2.05, 4.69) is 10.5 Å². The number of hydrazone groups is 1. The molecule has 1 heterocycles. The number of carbonyl (C=O) groups excluding carboxylic acids is 1. The van der Waals surface area contributed by atoms with Gasteiger partial charge in [0.2, 0.25) is 5.75 Å². The van der Waals surface area contributed by atoms with Crippen molar-refractivity contribution >= 4 is 12.1 Å². The molecule has 7 nitrogen and oxygen atoms in total. The summed E-state index contributed by atoms with van der Waals surface area (Å²) in [5.41, 5.74) is 4.60. The second-order valence-corrected chi connectivity index (χ2v) is 6.12. The van der Waals surface area contributed by atoms with E-state index in [0.29, 0.717) is 40.7 Å². The van der Waals surface area contributed by atoms with Gasteiger partial charge in [-0.1, -0.05) is 30.3 Å². The number of ether oxygens (including phenoxy) is 3. The van der Waals surface area contributed by atoms with Crippen molar-refractivity contribution in [2.75, 3.05) is 14.2 Å². The Labute approximate surface area is 168 Å². The first kappa shape index (κ1) is 20.0. The standard InChI is InChI=1S/C22H22N2O5/c1-15-18(9-10-28-15)22(25)24-23-13-17-11-19(26-2)21(20(12-17)27-3)29-14-16-7-5-4-6-8-16/h4-13H,14H2,1-3H3,(H,24,25)/b23-13-. The van der Waals surface area contributed by atoms with Crippen LogP contribution >= 0.6 is 0 Å². The van der Waals surface area contributed by atoms with E-state index >= 15 is 0 Å². The van der Waals surface area contributed by atoms with Crippen LogP contribution in [0.5, 0.6) is 17.2 Å². The predicted octanol–water partition coefficient (Wildman–Crippen LogP) is 3.95. The highest BCUT2D eigenvalue weighted by Crippen LogP contribution is 2.38. The molecule has 3 aromatic rings. The van der Waals surface area contributed by atoms with Crippen molar-refractivity contribution in [1.29, 1.82) is 0 Å². The van der Waals surface area contributed by atoms with Crippen LogP contribution in [0.3, 0.4) is 0 Å². The highest BCUT2D eigenvalue weighted by molar-refractivity contribution is 5.95. The normalized spacial score (nSPS) is 10.7. The van der Waals surface area contributed by atoms with Crippen molar-refractivity contribution in [3.05, 3.63) is 77.2 Å². The second kappa shape index (κ2) is 9.45. The Morgan fingerprint density at radius 3 is 2.38 bits per heavy atom. The summed E-state index contributed by atoms with van der Waals surface area (Å²) in [6.45, 7) is 2.09. The molecule has 0 aliphatic rings. The number of aryl methyl sites for hydroxylation is 1. The van der Waals surface area contributed by atoms with Gasteiger partial charge in [-0.05, 0) is 30.7 Å². The van der Waals surface area contributed by atoms with Crippen LogP contribution in [0.1, 0.15) is 27.2 Å². The maximum absolute atomic E-state index is 12.1. The summed E-state index contributed by atoms with van der Waals surface area (Å²) in [4.78, 5) is 12.1. The number of rotatable bonds is 8. The fourth-order valence-electron chi connectivity index (χ4n) is 2.69. The van der Waals surface area contributed by atoms with Crippen LogP contribution in [0.25, 0.3) is 0 Å². The molecule has 3 rings (SSSR count). The number of amides is 1. The smallest absolute Gasteiger partial charge is 0.274 e. The molecule has 0 aliphatic heterocycles. The molecule has 7 heteroatoms. The molecule has 1 amide bonds. The fourth-order valence-corrected chi connectivity index (χ4v) is 2.69. The Bertz CT molecular complexity index is 970. The van der Waals surface area contributed by atoms with Crippen LogP contribution in [0.4, 0.5) is 0 Å². The van der Waals surface area contributed by atoms with E-state index in [1.807, 2.05) is 30.3 Å². The summed E-state index contributed by atoms with van der Waals surface area (Å²) in [5.74, 6) is 1.67. The van der Waals surface area contributed by atoms with Crippen molar-refractivity contribution in [2.45, 2.75) is 13.5 Å². The van der Waals surface area contributed by atoms with Gasteiger partial charge in [-0.15, -0.1) is 0 Å². The SMILES string of the molecule is COc1cc(/C=N\NC(=O)c2ccoc2C)cc(OC)c1OCc1ccccc1. The predicted molar refractivity (Wildman–Crippen MR) is 109 cm³/mol. The van der Waals surface area contributed by atoms with Gasteiger partial charge >= 0.3 is 0 Å². The average Bonchev–Trinajstić information content (AvgIpc) is 3.18. The van der Waals surface area contributed by atoms with Gasteiger partial charge in [-0.3, -0.25) is 4.79 Å². The largest absolute Gasteiger partial charge is 0.493 e. The lowest BCUT2D eigenvalue weighted by atomic mass is 10.2. The van der Waals surface area contributed by atoms with Crippen LogP contribution in [0.2, 0.25) is 0 Å². The first-order valence-corrected chi connectivity index (χ1v) is 8.92. The van der Waals surface area contributed by atoms with E-state index in [9.17, 15) is 4.79 Å². The van der Waals surface area contributed by atoms with E-state index in [1.165, 1.54) is 12.5 Å². The van der Waals surface area contributed by atoms with Gasteiger partial charge in [0.05, 0.1) is 32.3 Å². The van der Waals surface area contributed by atoms with Crippen LogP contribution < -0.4 is 19.6 Å². The summed E-state index contributed by atoms with van der Waals surface area (Å²) in [7, 11) is 3.10. The van der Waals surface area contributed by atoms with Crippen molar-refractivity contribution in [1.82, 2.24) is 5.43 Å². The van der Waals surface area contributed by atoms with E-state index in [0.717, 1.165) is 5.56 Å². The third kappa shape index (κ3) is 4.95. The first-order valence-electron chi connectivity index (χ1n) is 8.92. The lowest BCUT2D eigenvalue weighted by Crippen LogP contribution is -2.17. The lowest BCUT2D eigenvalue weighted by molar-refractivity contribution is 0.0953.